The number of aliphatic hydroxyl groups excluding tert-OH is 1. The van der Waals surface area contributed by atoms with E-state index >= 15 is 0 Å². The fourth-order valence-corrected chi connectivity index (χ4v) is 3.97. The van der Waals surface area contributed by atoms with Crippen molar-refractivity contribution in [2.75, 3.05) is 4.90 Å². The number of nitrogens with zero attached hydrogens (tertiary/aromatic N) is 2. The molecule has 1 fully saturated rings. The number of amides is 1. The lowest BCUT2D eigenvalue weighted by Crippen LogP contribution is -2.29. The maximum Gasteiger partial charge on any atom is 0.300 e. The summed E-state index contributed by atoms with van der Waals surface area (Å²) in [7, 11) is 0. The average Bonchev–Trinajstić information content (AvgIpc) is 3.04. The Hall–Kier alpha value is -3.44. The molecule has 1 unspecified atom stereocenters. The summed E-state index contributed by atoms with van der Waals surface area (Å²) < 4.78 is 0. The Morgan fingerprint density at radius 3 is 2.09 bits per heavy atom. The number of Topliss-reactive ketones (excluding diaryl/α,β-unsaturated/α-hetero) is 1. The van der Waals surface area contributed by atoms with Gasteiger partial charge in [0.05, 0.1) is 11.6 Å². The first-order chi connectivity index (χ1) is 15.2. The summed E-state index contributed by atoms with van der Waals surface area (Å²) in [6, 6.07) is 16.8. The smallest absolute Gasteiger partial charge is 0.300 e. The number of carbonyl (C=O) groups is 2. The van der Waals surface area contributed by atoms with Crippen LogP contribution in [0.25, 0.3) is 5.76 Å². The number of hydrogen-bond donors (Lipinski definition) is 1. The molecule has 2 aromatic carbocycles. The molecule has 1 atom stereocenters. The van der Waals surface area contributed by atoms with Crippen LogP contribution < -0.4 is 4.90 Å². The number of carbonyl (C=O) groups excluding carboxylic acids is 2. The quantitative estimate of drug-likeness (QED) is 0.320. The SMILES string of the molecule is CC(C)(C)c1ccc(N2C(=O)C(=O)/C(=C(/O)c3ccc(Cl)cc3)C2c2ccncc2)cc1. The van der Waals surface area contributed by atoms with Gasteiger partial charge in [0.2, 0.25) is 0 Å². The zero-order chi connectivity index (χ0) is 23.0. The van der Waals surface area contributed by atoms with E-state index < -0.39 is 17.7 Å². The number of halogens is 1. The maximum absolute atomic E-state index is 13.2. The topological polar surface area (TPSA) is 70.5 Å². The molecule has 1 N–H and O–H groups in total. The fraction of sp³-hybridized carbons (Fsp3) is 0.192. The number of hydrogen-bond acceptors (Lipinski definition) is 4. The minimum absolute atomic E-state index is 0.0309. The van der Waals surface area contributed by atoms with E-state index in [0.29, 0.717) is 21.8 Å². The second-order valence-corrected chi connectivity index (χ2v) is 9.19. The molecule has 1 amide bonds. The third-order valence-corrected chi connectivity index (χ3v) is 5.85. The van der Waals surface area contributed by atoms with Crippen LogP contribution in [0.15, 0.2) is 78.6 Å². The molecule has 162 valence electrons. The van der Waals surface area contributed by atoms with Gasteiger partial charge in [0.15, 0.2) is 0 Å². The molecule has 0 saturated carbocycles. The molecule has 0 spiro atoms. The number of aliphatic hydroxyl groups is 1. The second kappa shape index (κ2) is 8.24. The van der Waals surface area contributed by atoms with Gasteiger partial charge < -0.3 is 5.11 Å². The highest BCUT2D eigenvalue weighted by Gasteiger charge is 2.47. The molecule has 0 aliphatic carbocycles. The normalized spacial score (nSPS) is 18.2. The molecule has 0 radical (unpaired) electrons. The summed E-state index contributed by atoms with van der Waals surface area (Å²) in [6.07, 6.45) is 3.20. The standard InChI is InChI=1S/C26H23ClN2O3/c1-26(2,3)18-6-10-20(11-7-18)29-22(16-12-14-28-15-13-16)21(24(31)25(29)32)23(30)17-4-8-19(27)9-5-17/h4-15,22,30H,1-3H3/b23-21+. The van der Waals surface area contributed by atoms with E-state index in [1.165, 1.54) is 4.90 Å². The summed E-state index contributed by atoms with van der Waals surface area (Å²) in [6.45, 7) is 6.33. The Kier molecular flexibility index (Phi) is 5.61. The molecule has 1 aromatic heterocycles. The predicted octanol–water partition coefficient (Wildman–Crippen LogP) is 5.66. The van der Waals surface area contributed by atoms with Crippen LogP contribution in [0.4, 0.5) is 5.69 Å². The molecule has 1 aliphatic heterocycles. The Morgan fingerprint density at radius 2 is 1.53 bits per heavy atom. The average molecular weight is 447 g/mol. The van der Waals surface area contributed by atoms with Crippen molar-refractivity contribution in [1.29, 1.82) is 0 Å². The van der Waals surface area contributed by atoms with Gasteiger partial charge in [-0.2, -0.15) is 0 Å². The van der Waals surface area contributed by atoms with Crippen molar-refractivity contribution in [3.05, 3.63) is 100 Å². The van der Waals surface area contributed by atoms with Crippen LogP contribution in [0.3, 0.4) is 0 Å². The van der Waals surface area contributed by atoms with Gasteiger partial charge in [-0.05, 0) is 65.1 Å². The van der Waals surface area contributed by atoms with Crippen molar-refractivity contribution in [2.24, 2.45) is 0 Å². The molecule has 3 aromatic rings. The molecular weight excluding hydrogens is 424 g/mol. The molecule has 1 saturated heterocycles. The first-order valence-corrected chi connectivity index (χ1v) is 10.6. The maximum atomic E-state index is 13.2. The summed E-state index contributed by atoms with van der Waals surface area (Å²) in [5, 5.41) is 11.6. The van der Waals surface area contributed by atoms with Crippen molar-refractivity contribution in [2.45, 2.75) is 32.2 Å². The summed E-state index contributed by atoms with van der Waals surface area (Å²) >= 11 is 5.97. The van der Waals surface area contributed by atoms with Crippen LogP contribution in [-0.4, -0.2) is 21.8 Å². The van der Waals surface area contributed by atoms with Crippen LogP contribution in [0, 0.1) is 0 Å². The highest BCUT2D eigenvalue weighted by atomic mass is 35.5. The summed E-state index contributed by atoms with van der Waals surface area (Å²) in [4.78, 5) is 31.8. The number of aromatic nitrogens is 1. The molecule has 1 aliphatic rings. The molecule has 6 heteroatoms. The second-order valence-electron chi connectivity index (χ2n) is 8.75. The van der Waals surface area contributed by atoms with Crippen LogP contribution in [0.5, 0.6) is 0 Å². The minimum Gasteiger partial charge on any atom is -0.507 e. The summed E-state index contributed by atoms with van der Waals surface area (Å²) in [5.74, 6) is -1.67. The molecule has 32 heavy (non-hydrogen) atoms. The lowest BCUT2D eigenvalue weighted by Gasteiger charge is -2.26. The van der Waals surface area contributed by atoms with E-state index in [-0.39, 0.29) is 16.7 Å². The van der Waals surface area contributed by atoms with Gasteiger partial charge >= 0.3 is 0 Å². The first-order valence-electron chi connectivity index (χ1n) is 10.3. The van der Waals surface area contributed by atoms with E-state index in [0.717, 1.165) is 5.56 Å². The Labute approximate surface area is 192 Å². The largest absolute Gasteiger partial charge is 0.507 e. The number of benzene rings is 2. The van der Waals surface area contributed by atoms with Crippen molar-refractivity contribution >= 4 is 34.7 Å². The van der Waals surface area contributed by atoms with E-state index in [9.17, 15) is 14.7 Å². The fourth-order valence-electron chi connectivity index (χ4n) is 3.85. The van der Waals surface area contributed by atoms with Crippen LogP contribution in [-0.2, 0) is 15.0 Å². The van der Waals surface area contributed by atoms with Gasteiger partial charge in [-0.25, -0.2) is 0 Å². The van der Waals surface area contributed by atoms with Crippen molar-refractivity contribution in [3.8, 4) is 0 Å². The third kappa shape index (κ3) is 3.92. The van der Waals surface area contributed by atoms with Gasteiger partial charge in [-0.15, -0.1) is 0 Å². The summed E-state index contributed by atoms with van der Waals surface area (Å²) in [5.41, 5.74) is 2.76. The van der Waals surface area contributed by atoms with E-state index in [2.05, 4.69) is 25.8 Å². The Morgan fingerprint density at radius 1 is 0.938 bits per heavy atom. The number of ketones is 1. The number of pyridine rings is 1. The molecule has 0 bridgehead atoms. The van der Waals surface area contributed by atoms with Gasteiger partial charge in [0.1, 0.15) is 5.76 Å². The van der Waals surface area contributed by atoms with Crippen molar-refractivity contribution in [1.82, 2.24) is 4.98 Å². The number of rotatable bonds is 3. The highest BCUT2D eigenvalue weighted by Crippen LogP contribution is 2.42. The van der Waals surface area contributed by atoms with Crippen molar-refractivity contribution < 1.29 is 14.7 Å². The Bertz CT molecular complexity index is 1190. The van der Waals surface area contributed by atoms with E-state index in [1.807, 2.05) is 24.3 Å². The lowest BCUT2D eigenvalue weighted by molar-refractivity contribution is -0.132. The van der Waals surface area contributed by atoms with Crippen LogP contribution in [0.1, 0.15) is 43.5 Å². The zero-order valence-electron chi connectivity index (χ0n) is 18.0. The molecule has 4 rings (SSSR count). The van der Waals surface area contributed by atoms with E-state index in [4.69, 9.17) is 11.6 Å². The zero-order valence-corrected chi connectivity index (χ0v) is 18.8. The van der Waals surface area contributed by atoms with Gasteiger partial charge in [0.25, 0.3) is 11.7 Å². The van der Waals surface area contributed by atoms with E-state index in [1.54, 1.807) is 48.8 Å². The Balaban J connectivity index is 1.88. The predicted molar refractivity (Wildman–Crippen MR) is 126 cm³/mol. The number of anilines is 1. The monoisotopic (exact) mass is 446 g/mol. The molecular formula is C26H23ClN2O3. The highest BCUT2D eigenvalue weighted by molar-refractivity contribution is 6.51. The third-order valence-electron chi connectivity index (χ3n) is 5.60. The van der Waals surface area contributed by atoms with Crippen LogP contribution >= 0.6 is 11.6 Å². The molecule has 2 heterocycles. The van der Waals surface area contributed by atoms with Gasteiger partial charge in [-0.1, -0.05) is 44.5 Å². The van der Waals surface area contributed by atoms with Crippen LogP contribution in [0.2, 0.25) is 5.02 Å². The molecule has 5 nitrogen and oxygen atoms in total. The van der Waals surface area contributed by atoms with Crippen molar-refractivity contribution in [3.63, 3.8) is 0 Å². The minimum atomic E-state index is -0.783. The lowest BCUT2D eigenvalue weighted by atomic mass is 9.87. The first kappa shape index (κ1) is 21.8. The van der Waals surface area contributed by atoms with Gasteiger partial charge in [-0.3, -0.25) is 19.5 Å². The van der Waals surface area contributed by atoms with Gasteiger partial charge in [0, 0.05) is 28.7 Å².